The summed E-state index contributed by atoms with van der Waals surface area (Å²) in [4.78, 5) is 0. The lowest BCUT2D eigenvalue weighted by molar-refractivity contribution is 0.439. The molecule has 0 spiro atoms. The lowest BCUT2D eigenvalue weighted by Crippen LogP contribution is -2.11. The van der Waals surface area contributed by atoms with Gasteiger partial charge < -0.3 is 15.5 Å². The number of rotatable bonds is 2. The highest BCUT2D eigenvalue weighted by atomic mass is 35.5. The minimum atomic E-state index is -0.0209. The summed E-state index contributed by atoms with van der Waals surface area (Å²) in [6.45, 7) is 3.81. The van der Waals surface area contributed by atoms with Crippen molar-refractivity contribution in [1.82, 2.24) is 5.32 Å². The van der Waals surface area contributed by atoms with Gasteiger partial charge >= 0.3 is 0 Å². The van der Waals surface area contributed by atoms with Crippen molar-refractivity contribution in [3.63, 3.8) is 0 Å². The fraction of sp³-hybridized carbons (Fsp3) is 0.500. The number of nitrogens with one attached hydrogen (secondary N) is 1. The Balaban J connectivity index is 2.26. The van der Waals surface area contributed by atoms with Gasteiger partial charge in [0.2, 0.25) is 0 Å². The molecule has 1 fully saturated rings. The molecule has 0 saturated carbocycles. The quantitative estimate of drug-likeness (QED) is 0.744. The van der Waals surface area contributed by atoms with E-state index in [0.29, 0.717) is 11.5 Å². The zero-order valence-corrected chi connectivity index (χ0v) is 10.0. The van der Waals surface area contributed by atoms with Gasteiger partial charge in [-0.2, -0.15) is 0 Å². The van der Waals surface area contributed by atoms with Gasteiger partial charge in [-0.05, 0) is 56.0 Å². The Morgan fingerprint density at radius 1 is 1.44 bits per heavy atom. The highest BCUT2D eigenvalue weighted by Crippen LogP contribution is 2.39. The Kier molecular flexibility index (Phi) is 3.26. The van der Waals surface area contributed by atoms with Crippen molar-refractivity contribution in [2.45, 2.75) is 19.8 Å². The number of benzene rings is 1. The Bertz CT molecular complexity index is 400. The first kappa shape index (κ1) is 11.6. The Morgan fingerprint density at radius 3 is 2.81 bits per heavy atom. The van der Waals surface area contributed by atoms with E-state index in [1.807, 2.05) is 6.07 Å². The molecule has 3 N–H and O–H groups in total. The number of aromatic hydroxyl groups is 2. The van der Waals surface area contributed by atoms with Crippen molar-refractivity contribution < 1.29 is 10.2 Å². The van der Waals surface area contributed by atoms with Crippen LogP contribution in [-0.4, -0.2) is 23.3 Å². The highest BCUT2D eigenvalue weighted by molar-refractivity contribution is 6.33. The minimum Gasteiger partial charge on any atom is -0.506 e. The second-order valence-electron chi connectivity index (χ2n) is 4.43. The van der Waals surface area contributed by atoms with Crippen LogP contribution in [0.3, 0.4) is 0 Å². The lowest BCUT2D eigenvalue weighted by atomic mass is 9.96. The fourth-order valence-corrected chi connectivity index (χ4v) is 2.45. The molecule has 1 aliphatic heterocycles. The molecule has 0 amide bonds. The maximum Gasteiger partial charge on any atom is 0.141 e. The highest BCUT2D eigenvalue weighted by Gasteiger charge is 2.19. The fourth-order valence-electron chi connectivity index (χ4n) is 2.18. The van der Waals surface area contributed by atoms with Crippen molar-refractivity contribution in [2.75, 3.05) is 13.1 Å². The number of phenolic OH excluding ortho intramolecular Hbond substituents is 2. The van der Waals surface area contributed by atoms with Crippen LogP contribution in [0.2, 0.25) is 5.02 Å². The first-order valence-electron chi connectivity index (χ1n) is 5.50. The van der Waals surface area contributed by atoms with Gasteiger partial charge in [-0.1, -0.05) is 11.6 Å². The average Bonchev–Trinajstić information content (AvgIpc) is 2.76. The van der Waals surface area contributed by atoms with Gasteiger partial charge in [-0.3, -0.25) is 0 Å². The van der Waals surface area contributed by atoms with E-state index in [2.05, 4.69) is 5.32 Å². The molecule has 1 atom stereocenters. The smallest absolute Gasteiger partial charge is 0.141 e. The Morgan fingerprint density at radius 2 is 2.19 bits per heavy atom. The van der Waals surface area contributed by atoms with Crippen LogP contribution in [0.4, 0.5) is 0 Å². The topological polar surface area (TPSA) is 52.5 Å². The molecule has 0 bridgehead atoms. The Hall–Kier alpha value is -0.930. The van der Waals surface area contributed by atoms with Gasteiger partial charge in [0.1, 0.15) is 16.5 Å². The SMILES string of the molecule is Cc1cc(CC2CCNC2)c(O)c(Cl)c1O. The van der Waals surface area contributed by atoms with E-state index in [1.54, 1.807) is 6.92 Å². The van der Waals surface area contributed by atoms with E-state index in [1.165, 1.54) is 0 Å². The molecule has 1 aliphatic rings. The van der Waals surface area contributed by atoms with Crippen molar-refractivity contribution >= 4 is 11.6 Å². The number of aryl methyl sites for hydroxylation is 1. The molecule has 0 aliphatic carbocycles. The third-order valence-corrected chi connectivity index (χ3v) is 3.51. The Labute approximate surface area is 100 Å². The largest absolute Gasteiger partial charge is 0.506 e. The molecular formula is C12H16ClNO2. The van der Waals surface area contributed by atoms with Crippen LogP contribution in [0.1, 0.15) is 17.5 Å². The van der Waals surface area contributed by atoms with Gasteiger partial charge in [0, 0.05) is 0 Å². The molecule has 1 aromatic carbocycles. The maximum atomic E-state index is 9.85. The van der Waals surface area contributed by atoms with E-state index in [9.17, 15) is 10.2 Å². The second-order valence-corrected chi connectivity index (χ2v) is 4.80. The zero-order chi connectivity index (χ0) is 11.7. The molecule has 2 rings (SSSR count). The second kappa shape index (κ2) is 4.52. The van der Waals surface area contributed by atoms with Crippen molar-refractivity contribution in [3.05, 3.63) is 22.2 Å². The van der Waals surface area contributed by atoms with E-state index >= 15 is 0 Å². The molecule has 3 nitrogen and oxygen atoms in total. The summed E-state index contributed by atoms with van der Waals surface area (Å²) >= 11 is 5.86. The van der Waals surface area contributed by atoms with E-state index in [4.69, 9.17) is 11.6 Å². The molecule has 88 valence electrons. The molecule has 0 radical (unpaired) electrons. The van der Waals surface area contributed by atoms with E-state index in [0.717, 1.165) is 31.5 Å². The summed E-state index contributed by atoms with van der Waals surface area (Å²) in [6, 6.07) is 1.81. The predicted molar refractivity (Wildman–Crippen MR) is 64.2 cm³/mol. The molecule has 1 aromatic rings. The first-order valence-corrected chi connectivity index (χ1v) is 5.88. The van der Waals surface area contributed by atoms with Gasteiger partial charge in [-0.25, -0.2) is 0 Å². The van der Waals surface area contributed by atoms with Crippen LogP contribution in [0, 0.1) is 12.8 Å². The minimum absolute atomic E-state index is 0.0209. The predicted octanol–water partition coefficient (Wildman–Crippen LogP) is 2.21. The van der Waals surface area contributed by atoms with Gasteiger partial charge in [-0.15, -0.1) is 0 Å². The third-order valence-electron chi connectivity index (χ3n) is 3.16. The van der Waals surface area contributed by atoms with E-state index < -0.39 is 0 Å². The lowest BCUT2D eigenvalue weighted by Gasteiger charge is -2.13. The molecule has 16 heavy (non-hydrogen) atoms. The van der Waals surface area contributed by atoms with Crippen molar-refractivity contribution in [1.29, 1.82) is 0 Å². The summed E-state index contributed by atoms with van der Waals surface area (Å²) in [7, 11) is 0. The number of phenols is 2. The molecule has 1 saturated heterocycles. The number of hydrogen-bond acceptors (Lipinski definition) is 3. The summed E-state index contributed by atoms with van der Waals surface area (Å²) in [6.07, 6.45) is 1.93. The van der Waals surface area contributed by atoms with Crippen LogP contribution in [0.25, 0.3) is 0 Å². The van der Waals surface area contributed by atoms with Gasteiger partial charge in [0.15, 0.2) is 0 Å². The summed E-state index contributed by atoms with van der Waals surface area (Å²) < 4.78 is 0. The average molecular weight is 242 g/mol. The van der Waals surface area contributed by atoms with Crippen LogP contribution in [-0.2, 0) is 6.42 Å². The standard InChI is InChI=1S/C12H16ClNO2/c1-7-4-9(5-8-2-3-14-6-8)12(16)10(13)11(7)15/h4,8,14-16H,2-3,5-6H2,1H3. The molecule has 1 unspecified atom stereocenters. The van der Waals surface area contributed by atoms with Gasteiger partial charge in [0.25, 0.3) is 0 Å². The maximum absolute atomic E-state index is 9.85. The summed E-state index contributed by atoms with van der Waals surface area (Å²) in [5.74, 6) is 0.551. The van der Waals surface area contributed by atoms with Crippen molar-refractivity contribution in [3.8, 4) is 11.5 Å². The number of hydrogen-bond donors (Lipinski definition) is 3. The van der Waals surface area contributed by atoms with Crippen LogP contribution in [0.15, 0.2) is 6.07 Å². The molecule has 1 heterocycles. The van der Waals surface area contributed by atoms with Crippen LogP contribution in [0.5, 0.6) is 11.5 Å². The normalized spacial score (nSPS) is 20.2. The van der Waals surface area contributed by atoms with Gasteiger partial charge in [0.05, 0.1) is 0 Å². The zero-order valence-electron chi connectivity index (χ0n) is 9.26. The van der Waals surface area contributed by atoms with E-state index in [-0.39, 0.29) is 16.5 Å². The molecular weight excluding hydrogens is 226 g/mol. The molecule has 0 aromatic heterocycles. The first-order chi connectivity index (χ1) is 7.59. The van der Waals surface area contributed by atoms with Crippen LogP contribution < -0.4 is 5.32 Å². The monoisotopic (exact) mass is 241 g/mol. The molecule has 4 heteroatoms. The summed E-state index contributed by atoms with van der Waals surface area (Å²) in [5, 5.41) is 22.8. The number of halogens is 1. The third kappa shape index (κ3) is 2.11. The van der Waals surface area contributed by atoms with Crippen LogP contribution >= 0.6 is 11.6 Å². The van der Waals surface area contributed by atoms with Crippen molar-refractivity contribution in [2.24, 2.45) is 5.92 Å². The summed E-state index contributed by atoms with van der Waals surface area (Å²) in [5.41, 5.74) is 1.54.